The molecule has 3 heteroatoms. The number of rotatable bonds is 4. The second-order valence-electron chi connectivity index (χ2n) is 6.29. The van der Waals surface area contributed by atoms with E-state index >= 15 is 0 Å². The van der Waals surface area contributed by atoms with Crippen molar-refractivity contribution >= 4 is 11.0 Å². The van der Waals surface area contributed by atoms with Crippen LogP contribution in [0.4, 0.5) is 0 Å². The maximum absolute atomic E-state index is 6.13. The molecule has 3 rings (SSSR count). The first-order chi connectivity index (χ1) is 10.2. The average molecular weight is 286 g/mol. The van der Waals surface area contributed by atoms with Crippen LogP contribution in [0, 0.1) is 0 Å². The first-order valence-corrected chi connectivity index (χ1v) is 8.21. The van der Waals surface area contributed by atoms with E-state index in [0.717, 1.165) is 30.6 Å². The molecular weight excluding hydrogens is 260 g/mol. The van der Waals surface area contributed by atoms with Crippen LogP contribution in [-0.2, 0) is 6.42 Å². The Bertz CT molecular complexity index is 596. The summed E-state index contributed by atoms with van der Waals surface area (Å²) in [5, 5.41) is 5.00. The molecular formula is C18H26N2O. The van der Waals surface area contributed by atoms with Crippen molar-refractivity contribution in [3.05, 3.63) is 35.6 Å². The Morgan fingerprint density at radius 1 is 1.24 bits per heavy atom. The maximum atomic E-state index is 6.13. The minimum Gasteiger partial charge on any atom is -0.459 e. The lowest BCUT2D eigenvalue weighted by Gasteiger charge is -2.29. The fourth-order valence-electron chi connectivity index (χ4n) is 3.55. The lowest BCUT2D eigenvalue weighted by atomic mass is 9.91. The molecule has 21 heavy (non-hydrogen) atoms. The quantitative estimate of drug-likeness (QED) is 0.895. The van der Waals surface area contributed by atoms with E-state index in [2.05, 4.69) is 37.4 Å². The molecule has 1 heterocycles. The van der Waals surface area contributed by atoms with Gasteiger partial charge in [0.05, 0.1) is 6.04 Å². The van der Waals surface area contributed by atoms with E-state index in [-0.39, 0.29) is 6.04 Å². The molecule has 1 atom stereocenters. The highest BCUT2D eigenvalue weighted by Crippen LogP contribution is 2.31. The number of hydrogen-bond donors (Lipinski definition) is 2. The summed E-state index contributed by atoms with van der Waals surface area (Å²) in [4.78, 5) is 0. The van der Waals surface area contributed by atoms with Gasteiger partial charge in [0.15, 0.2) is 0 Å². The molecule has 2 aromatic rings. The zero-order chi connectivity index (χ0) is 14.8. The molecule has 1 aliphatic carbocycles. The maximum Gasteiger partial charge on any atom is 0.134 e. The minimum absolute atomic E-state index is 0.256. The van der Waals surface area contributed by atoms with Crippen LogP contribution in [0.5, 0.6) is 0 Å². The van der Waals surface area contributed by atoms with Crippen LogP contribution in [-0.4, -0.2) is 12.1 Å². The third-order valence-corrected chi connectivity index (χ3v) is 4.73. The number of fused-ring (bicyclic) bond motifs is 1. The molecule has 0 bridgehead atoms. The van der Waals surface area contributed by atoms with Gasteiger partial charge in [0.2, 0.25) is 0 Å². The van der Waals surface area contributed by atoms with Gasteiger partial charge < -0.3 is 15.5 Å². The van der Waals surface area contributed by atoms with Gasteiger partial charge in [0, 0.05) is 23.0 Å². The number of aryl methyl sites for hydroxylation is 1. The molecule has 3 nitrogen and oxygen atoms in total. The monoisotopic (exact) mass is 286 g/mol. The highest BCUT2D eigenvalue weighted by atomic mass is 16.3. The topological polar surface area (TPSA) is 51.2 Å². The van der Waals surface area contributed by atoms with E-state index in [1.807, 2.05) is 6.07 Å². The Morgan fingerprint density at radius 3 is 2.67 bits per heavy atom. The van der Waals surface area contributed by atoms with Gasteiger partial charge in [-0.3, -0.25) is 0 Å². The van der Waals surface area contributed by atoms with E-state index in [4.69, 9.17) is 10.2 Å². The summed E-state index contributed by atoms with van der Waals surface area (Å²) in [7, 11) is 0. The van der Waals surface area contributed by atoms with Gasteiger partial charge in [-0.1, -0.05) is 25.1 Å². The number of furan rings is 1. The molecule has 0 aliphatic heterocycles. The molecule has 0 amide bonds. The van der Waals surface area contributed by atoms with Gasteiger partial charge in [-0.2, -0.15) is 0 Å². The molecule has 1 aromatic heterocycles. The van der Waals surface area contributed by atoms with Crippen molar-refractivity contribution in [2.24, 2.45) is 5.73 Å². The normalized spacial score (nSPS) is 24.3. The Labute approximate surface area is 126 Å². The number of nitrogens with two attached hydrogens (primary N) is 1. The van der Waals surface area contributed by atoms with Crippen LogP contribution >= 0.6 is 0 Å². The summed E-state index contributed by atoms with van der Waals surface area (Å²) in [5.41, 5.74) is 8.34. The number of para-hydroxylation sites is 1. The Morgan fingerprint density at radius 2 is 1.95 bits per heavy atom. The third kappa shape index (κ3) is 2.99. The summed E-state index contributed by atoms with van der Waals surface area (Å²) in [6, 6.07) is 9.56. The van der Waals surface area contributed by atoms with E-state index in [1.165, 1.54) is 23.8 Å². The van der Waals surface area contributed by atoms with Crippen LogP contribution < -0.4 is 11.1 Å². The predicted octanol–water partition coefficient (Wildman–Crippen LogP) is 3.92. The van der Waals surface area contributed by atoms with Crippen LogP contribution in [0.15, 0.2) is 28.7 Å². The van der Waals surface area contributed by atoms with E-state index in [1.54, 1.807) is 0 Å². The first-order valence-electron chi connectivity index (χ1n) is 8.21. The van der Waals surface area contributed by atoms with Crippen molar-refractivity contribution in [2.45, 2.75) is 64.1 Å². The fourth-order valence-corrected chi connectivity index (χ4v) is 3.55. The van der Waals surface area contributed by atoms with Crippen LogP contribution in [0.2, 0.25) is 0 Å². The van der Waals surface area contributed by atoms with E-state index < -0.39 is 0 Å². The van der Waals surface area contributed by atoms with E-state index in [9.17, 15) is 0 Å². The summed E-state index contributed by atoms with van der Waals surface area (Å²) in [6.45, 7) is 4.42. The molecule has 1 saturated carbocycles. The number of nitrogens with one attached hydrogen (secondary N) is 1. The molecule has 0 spiro atoms. The Hall–Kier alpha value is -1.32. The average Bonchev–Trinajstić information content (AvgIpc) is 2.88. The van der Waals surface area contributed by atoms with Crippen molar-refractivity contribution in [1.82, 2.24) is 5.32 Å². The second kappa shape index (κ2) is 6.20. The van der Waals surface area contributed by atoms with Crippen LogP contribution in [0.1, 0.15) is 56.9 Å². The van der Waals surface area contributed by atoms with Gasteiger partial charge in [-0.25, -0.2) is 0 Å². The second-order valence-corrected chi connectivity index (χ2v) is 6.29. The van der Waals surface area contributed by atoms with Crippen molar-refractivity contribution < 1.29 is 4.42 Å². The zero-order valence-electron chi connectivity index (χ0n) is 13.1. The third-order valence-electron chi connectivity index (χ3n) is 4.73. The fraction of sp³-hybridized carbons (Fsp3) is 0.556. The Kier molecular flexibility index (Phi) is 4.32. The van der Waals surface area contributed by atoms with Gasteiger partial charge in [0.25, 0.3) is 0 Å². The number of hydrogen-bond acceptors (Lipinski definition) is 3. The van der Waals surface area contributed by atoms with Crippen molar-refractivity contribution in [1.29, 1.82) is 0 Å². The highest BCUT2D eigenvalue weighted by Gasteiger charge is 2.23. The minimum atomic E-state index is 0.256. The van der Waals surface area contributed by atoms with E-state index in [0.29, 0.717) is 12.1 Å². The summed E-state index contributed by atoms with van der Waals surface area (Å²) < 4.78 is 6.13. The van der Waals surface area contributed by atoms with Crippen LogP contribution in [0.25, 0.3) is 11.0 Å². The highest BCUT2D eigenvalue weighted by molar-refractivity contribution is 5.82. The lowest BCUT2D eigenvalue weighted by molar-refractivity contribution is 0.307. The SMILES string of the molecule is CCc1c(C(C)NC2CCC(N)CC2)oc2ccccc12. The molecule has 114 valence electrons. The molecule has 3 N–H and O–H groups in total. The number of benzene rings is 1. The molecule has 1 unspecified atom stereocenters. The van der Waals surface area contributed by atoms with Gasteiger partial charge >= 0.3 is 0 Å². The molecule has 1 aliphatic rings. The largest absolute Gasteiger partial charge is 0.459 e. The van der Waals surface area contributed by atoms with Gasteiger partial charge in [-0.15, -0.1) is 0 Å². The smallest absolute Gasteiger partial charge is 0.134 e. The van der Waals surface area contributed by atoms with Gasteiger partial charge in [0.1, 0.15) is 11.3 Å². The van der Waals surface area contributed by atoms with Gasteiger partial charge in [-0.05, 0) is 45.1 Å². The first kappa shape index (κ1) is 14.6. The summed E-state index contributed by atoms with van der Waals surface area (Å²) in [6.07, 6.45) is 5.62. The lowest BCUT2D eigenvalue weighted by Crippen LogP contribution is -2.38. The zero-order valence-corrected chi connectivity index (χ0v) is 13.1. The molecule has 0 saturated heterocycles. The summed E-state index contributed by atoms with van der Waals surface area (Å²) >= 11 is 0. The van der Waals surface area contributed by atoms with Crippen molar-refractivity contribution in [2.75, 3.05) is 0 Å². The Balaban J connectivity index is 1.79. The molecule has 1 aromatic carbocycles. The van der Waals surface area contributed by atoms with Crippen molar-refractivity contribution in [3.63, 3.8) is 0 Å². The summed E-state index contributed by atoms with van der Waals surface area (Å²) in [5.74, 6) is 1.11. The van der Waals surface area contributed by atoms with Crippen LogP contribution in [0.3, 0.4) is 0 Å². The van der Waals surface area contributed by atoms with Crippen molar-refractivity contribution in [3.8, 4) is 0 Å². The molecule has 1 fully saturated rings. The molecule has 0 radical (unpaired) electrons. The standard InChI is InChI=1S/C18H26N2O/c1-3-15-16-6-4-5-7-17(16)21-18(15)12(2)20-14-10-8-13(19)9-11-14/h4-7,12-14,20H,3,8-11,19H2,1-2H3. The predicted molar refractivity (Wildman–Crippen MR) is 87.4 cm³/mol.